The summed E-state index contributed by atoms with van der Waals surface area (Å²) in [7, 11) is 0. The number of hydrogen-bond donors (Lipinski definition) is 1. The van der Waals surface area contributed by atoms with E-state index in [1.165, 1.54) is 5.56 Å². The minimum atomic E-state index is -0.134. The molecule has 3 rings (SSSR count). The van der Waals surface area contributed by atoms with Crippen LogP contribution in [0, 0.1) is 12.1 Å². The molecule has 0 bridgehead atoms. The van der Waals surface area contributed by atoms with Crippen molar-refractivity contribution in [2.45, 2.75) is 52.5 Å². The SMILES string of the molecule is CCCN(CCC)c1cc(N/N=C/c2cccc(C)c2)nc(OCCCC2C=CC=CN2[O-])c1. The van der Waals surface area contributed by atoms with Gasteiger partial charge in [0, 0.05) is 37.0 Å². The molecule has 7 heteroatoms. The molecule has 1 atom stereocenters. The van der Waals surface area contributed by atoms with Crippen LogP contribution in [-0.4, -0.2) is 42.0 Å². The summed E-state index contributed by atoms with van der Waals surface area (Å²) in [6.07, 6.45) is 12.5. The number of ether oxygens (including phenoxy) is 1. The van der Waals surface area contributed by atoms with Gasteiger partial charge in [-0.1, -0.05) is 55.8 Å². The fourth-order valence-corrected chi connectivity index (χ4v) is 3.85. The van der Waals surface area contributed by atoms with Gasteiger partial charge in [-0.25, -0.2) is 0 Å². The average molecular weight is 463 g/mol. The lowest BCUT2D eigenvalue weighted by Gasteiger charge is -2.35. The zero-order chi connectivity index (χ0) is 24.2. The average Bonchev–Trinajstić information content (AvgIpc) is 2.83. The van der Waals surface area contributed by atoms with Crippen LogP contribution in [0.5, 0.6) is 5.88 Å². The zero-order valence-electron chi connectivity index (χ0n) is 20.5. The van der Waals surface area contributed by atoms with Crippen LogP contribution in [0.2, 0.25) is 0 Å². The van der Waals surface area contributed by atoms with Crippen molar-refractivity contribution in [3.05, 3.63) is 77.2 Å². The first-order valence-electron chi connectivity index (χ1n) is 12.1. The van der Waals surface area contributed by atoms with E-state index in [4.69, 9.17) is 4.74 Å². The van der Waals surface area contributed by atoms with E-state index in [1.807, 2.05) is 36.4 Å². The molecule has 182 valence electrons. The van der Waals surface area contributed by atoms with Gasteiger partial charge in [0.15, 0.2) is 5.82 Å². The number of allylic oxidation sites excluding steroid dienone is 2. The van der Waals surface area contributed by atoms with Gasteiger partial charge in [0.1, 0.15) is 0 Å². The van der Waals surface area contributed by atoms with Crippen LogP contribution in [0.25, 0.3) is 0 Å². The monoisotopic (exact) mass is 462 g/mol. The summed E-state index contributed by atoms with van der Waals surface area (Å²) in [5, 5.41) is 17.2. The maximum absolute atomic E-state index is 11.9. The summed E-state index contributed by atoms with van der Waals surface area (Å²) in [6, 6.07) is 12.0. The van der Waals surface area contributed by atoms with Crippen molar-refractivity contribution in [1.82, 2.24) is 10.0 Å². The Morgan fingerprint density at radius 1 is 1.18 bits per heavy atom. The van der Waals surface area contributed by atoms with Crippen molar-refractivity contribution in [3.63, 3.8) is 0 Å². The Morgan fingerprint density at radius 3 is 2.74 bits per heavy atom. The van der Waals surface area contributed by atoms with E-state index >= 15 is 0 Å². The highest BCUT2D eigenvalue weighted by atomic mass is 16.5. The molecular weight excluding hydrogens is 426 g/mol. The molecule has 0 aliphatic carbocycles. The van der Waals surface area contributed by atoms with Crippen molar-refractivity contribution in [1.29, 1.82) is 0 Å². The molecule has 0 saturated carbocycles. The first kappa shape index (κ1) is 25.3. The fourth-order valence-electron chi connectivity index (χ4n) is 3.85. The lowest BCUT2D eigenvalue weighted by molar-refractivity contribution is 0.279. The molecular formula is C27H36N5O2-. The molecule has 0 amide bonds. The maximum Gasteiger partial charge on any atom is 0.217 e. The largest absolute Gasteiger partial charge is 0.758 e. The molecule has 1 unspecified atom stereocenters. The maximum atomic E-state index is 11.9. The second-order valence-corrected chi connectivity index (χ2v) is 8.46. The van der Waals surface area contributed by atoms with Crippen LogP contribution < -0.4 is 15.1 Å². The minimum absolute atomic E-state index is 0.134. The van der Waals surface area contributed by atoms with E-state index in [0.29, 0.717) is 18.3 Å². The molecule has 0 spiro atoms. The Labute approximate surface area is 203 Å². The van der Waals surface area contributed by atoms with Crippen LogP contribution in [0.15, 0.2) is 65.9 Å². The van der Waals surface area contributed by atoms with E-state index in [-0.39, 0.29) is 6.04 Å². The number of aryl methyl sites for hydroxylation is 1. The van der Waals surface area contributed by atoms with Gasteiger partial charge < -0.3 is 19.9 Å². The van der Waals surface area contributed by atoms with Gasteiger partial charge in [-0.3, -0.25) is 5.43 Å². The van der Waals surface area contributed by atoms with Crippen molar-refractivity contribution >= 4 is 17.7 Å². The Hall–Kier alpha value is -3.32. The molecule has 0 radical (unpaired) electrons. The zero-order valence-corrected chi connectivity index (χ0v) is 20.5. The third-order valence-corrected chi connectivity index (χ3v) is 5.47. The van der Waals surface area contributed by atoms with Crippen molar-refractivity contribution < 1.29 is 4.74 Å². The third-order valence-electron chi connectivity index (χ3n) is 5.47. The summed E-state index contributed by atoms with van der Waals surface area (Å²) in [5.74, 6) is 1.20. The van der Waals surface area contributed by atoms with Crippen LogP contribution in [0.4, 0.5) is 11.5 Å². The first-order chi connectivity index (χ1) is 16.6. The molecule has 1 aliphatic heterocycles. The summed E-state index contributed by atoms with van der Waals surface area (Å²) >= 11 is 0. The second kappa shape index (κ2) is 13.4. The summed E-state index contributed by atoms with van der Waals surface area (Å²) in [4.78, 5) is 6.96. The quantitative estimate of drug-likeness (QED) is 0.228. The third kappa shape index (κ3) is 7.92. The summed E-state index contributed by atoms with van der Waals surface area (Å²) in [6.45, 7) is 8.84. The van der Waals surface area contributed by atoms with Gasteiger partial charge in [-0.05, 0) is 50.4 Å². The van der Waals surface area contributed by atoms with Crippen LogP contribution in [0.3, 0.4) is 0 Å². The Balaban J connectivity index is 1.68. The number of hydrogen-bond acceptors (Lipinski definition) is 7. The molecule has 1 aromatic carbocycles. The van der Waals surface area contributed by atoms with E-state index in [2.05, 4.69) is 53.3 Å². The topological polar surface area (TPSA) is 76.0 Å². The first-order valence-corrected chi connectivity index (χ1v) is 12.1. The molecule has 1 aliphatic rings. The molecule has 2 aromatic rings. The predicted octanol–water partition coefficient (Wildman–Crippen LogP) is 5.87. The number of aromatic nitrogens is 1. The lowest BCUT2D eigenvalue weighted by atomic mass is 10.1. The van der Waals surface area contributed by atoms with Gasteiger partial charge in [0.2, 0.25) is 5.88 Å². The Kier molecular flexibility index (Phi) is 9.98. The van der Waals surface area contributed by atoms with Crippen molar-refractivity contribution in [2.75, 3.05) is 30.0 Å². The smallest absolute Gasteiger partial charge is 0.217 e. The summed E-state index contributed by atoms with van der Waals surface area (Å²) in [5.41, 5.74) is 6.35. The van der Waals surface area contributed by atoms with Crippen molar-refractivity contribution in [3.8, 4) is 5.88 Å². The highest BCUT2D eigenvalue weighted by molar-refractivity contribution is 5.80. The molecule has 1 N–H and O–H groups in total. The van der Waals surface area contributed by atoms with Crippen molar-refractivity contribution in [2.24, 2.45) is 5.10 Å². The molecule has 2 heterocycles. The molecule has 0 saturated heterocycles. The number of rotatable bonds is 13. The van der Waals surface area contributed by atoms with E-state index < -0.39 is 0 Å². The molecule has 34 heavy (non-hydrogen) atoms. The van der Waals surface area contributed by atoms with Gasteiger partial charge in [-0.15, -0.1) is 0 Å². The van der Waals surface area contributed by atoms with Gasteiger partial charge in [-0.2, -0.15) is 10.1 Å². The van der Waals surface area contributed by atoms with E-state index in [0.717, 1.165) is 55.1 Å². The lowest BCUT2D eigenvalue weighted by Crippen LogP contribution is -2.25. The normalized spacial score (nSPS) is 15.2. The predicted molar refractivity (Wildman–Crippen MR) is 141 cm³/mol. The number of pyridine rings is 1. The van der Waals surface area contributed by atoms with E-state index in [9.17, 15) is 5.21 Å². The van der Waals surface area contributed by atoms with Gasteiger partial charge >= 0.3 is 0 Å². The fraction of sp³-hybridized carbons (Fsp3) is 0.407. The Morgan fingerprint density at radius 2 is 2.00 bits per heavy atom. The number of anilines is 2. The van der Waals surface area contributed by atoms with E-state index in [1.54, 1.807) is 18.5 Å². The van der Waals surface area contributed by atoms with Crippen LogP contribution in [0.1, 0.15) is 50.7 Å². The molecule has 0 fully saturated rings. The number of benzene rings is 1. The standard InChI is InChI=1S/C27H36N5O2/c1-4-14-31(15-5-2)25-19-26(30-28-21-23-11-8-10-22(3)18-23)29-27(20-25)34-17-9-13-24-12-6-7-16-32(24)33/h6-8,10-12,16,18-21,24H,4-5,9,13-15,17H2,1-3H3,(H,29,30)/q-1/b28-21+. The molecule has 7 nitrogen and oxygen atoms in total. The molecule has 1 aromatic heterocycles. The number of nitrogens with one attached hydrogen (secondary N) is 1. The van der Waals surface area contributed by atoms with Gasteiger partial charge in [0.25, 0.3) is 0 Å². The number of nitrogens with zero attached hydrogens (tertiary/aromatic N) is 4. The highest BCUT2D eigenvalue weighted by Crippen LogP contribution is 2.25. The van der Waals surface area contributed by atoms with Crippen LogP contribution >= 0.6 is 0 Å². The second-order valence-electron chi connectivity index (χ2n) is 8.46. The number of hydroxylamine groups is 2. The van der Waals surface area contributed by atoms with Crippen LogP contribution in [-0.2, 0) is 0 Å². The van der Waals surface area contributed by atoms with Gasteiger partial charge in [0.05, 0.1) is 12.8 Å². The highest BCUT2D eigenvalue weighted by Gasteiger charge is 2.11. The summed E-state index contributed by atoms with van der Waals surface area (Å²) < 4.78 is 6.01. The number of hydrazone groups is 1. The Bertz CT molecular complexity index is 983. The minimum Gasteiger partial charge on any atom is -0.758 e.